The van der Waals surface area contributed by atoms with E-state index in [0.717, 1.165) is 17.7 Å². The van der Waals surface area contributed by atoms with Crippen molar-refractivity contribution in [1.82, 2.24) is 20.4 Å². The lowest BCUT2D eigenvalue weighted by molar-refractivity contribution is -0.131. The number of hydrogen-bond donors (Lipinski definition) is 2. The molecule has 3 atom stereocenters. The molecule has 1 aromatic rings. The lowest BCUT2D eigenvalue weighted by Gasteiger charge is -2.44. The van der Waals surface area contributed by atoms with E-state index in [1.54, 1.807) is 7.11 Å². The predicted molar refractivity (Wildman–Crippen MR) is 120 cm³/mol. The first-order valence-corrected chi connectivity index (χ1v) is 11.8. The Hall–Kier alpha value is -2.61. The zero-order valence-electron chi connectivity index (χ0n) is 18.8. The molecule has 8 heteroatoms. The van der Waals surface area contributed by atoms with E-state index in [9.17, 15) is 14.4 Å². The van der Waals surface area contributed by atoms with Crippen LogP contribution in [0.25, 0.3) is 0 Å². The summed E-state index contributed by atoms with van der Waals surface area (Å²) >= 11 is 0. The minimum absolute atomic E-state index is 0.0170. The van der Waals surface area contributed by atoms with Crippen molar-refractivity contribution in [2.24, 2.45) is 5.92 Å². The maximum absolute atomic E-state index is 12.7. The van der Waals surface area contributed by atoms with Crippen molar-refractivity contribution >= 4 is 17.8 Å². The van der Waals surface area contributed by atoms with Gasteiger partial charge in [-0.3, -0.25) is 14.5 Å². The van der Waals surface area contributed by atoms with Gasteiger partial charge in [-0.2, -0.15) is 0 Å². The first-order chi connectivity index (χ1) is 15.6. The standard InChI is InChI=1S/C24H34N4O4/c1-32-21-10-3-2-7-17(21)11-14-28-23(30)19(26-24(28)31)15-22(29)25-16-18-8-6-13-27-12-5-4-9-20(18)27/h2-3,7,10,18-20H,4-6,8-9,11-16H2,1H3,(H,25,29)(H,26,31). The third-order valence-electron chi connectivity index (χ3n) is 7.08. The van der Waals surface area contributed by atoms with Crippen molar-refractivity contribution in [3.8, 4) is 5.75 Å². The van der Waals surface area contributed by atoms with Crippen molar-refractivity contribution in [3.05, 3.63) is 29.8 Å². The molecule has 3 unspecified atom stereocenters. The number of nitrogens with zero attached hydrogens (tertiary/aromatic N) is 2. The van der Waals surface area contributed by atoms with Crippen LogP contribution in [0.1, 0.15) is 44.1 Å². The summed E-state index contributed by atoms with van der Waals surface area (Å²) < 4.78 is 5.34. The number of hydrogen-bond acceptors (Lipinski definition) is 5. The molecule has 0 radical (unpaired) electrons. The van der Waals surface area contributed by atoms with E-state index in [2.05, 4.69) is 15.5 Å². The number of rotatable bonds is 8. The van der Waals surface area contributed by atoms with Crippen LogP contribution in [0.3, 0.4) is 0 Å². The summed E-state index contributed by atoms with van der Waals surface area (Å²) in [5.74, 6) is 0.688. The van der Waals surface area contributed by atoms with Gasteiger partial charge in [-0.15, -0.1) is 0 Å². The van der Waals surface area contributed by atoms with Crippen LogP contribution in [0.4, 0.5) is 4.79 Å². The predicted octanol–water partition coefficient (Wildman–Crippen LogP) is 1.93. The second kappa shape index (κ2) is 10.3. The van der Waals surface area contributed by atoms with Gasteiger partial charge < -0.3 is 20.3 Å². The molecule has 4 amide bonds. The van der Waals surface area contributed by atoms with Crippen LogP contribution in [0, 0.1) is 5.92 Å². The molecule has 0 saturated carbocycles. The van der Waals surface area contributed by atoms with Gasteiger partial charge in [0.2, 0.25) is 5.91 Å². The van der Waals surface area contributed by atoms with Crippen molar-refractivity contribution in [3.63, 3.8) is 0 Å². The number of piperidine rings is 2. The first-order valence-electron chi connectivity index (χ1n) is 11.8. The summed E-state index contributed by atoms with van der Waals surface area (Å²) in [7, 11) is 1.60. The Labute approximate surface area is 189 Å². The fraction of sp³-hybridized carbons (Fsp3) is 0.625. The Balaban J connectivity index is 1.26. The van der Waals surface area contributed by atoms with Gasteiger partial charge in [0.25, 0.3) is 5.91 Å². The number of fused-ring (bicyclic) bond motifs is 1. The molecule has 1 aromatic carbocycles. The fourth-order valence-electron chi connectivity index (χ4n) is 5.39. The molecule has 2 N–H and O–H groups in total. The molecule has 32 heavy (non-hydrogen) atoms. The van der Waals surface area contributed by atoms with Gasteiger partial charge in [-0.25, -0.2) is 4.79 Å². The summed E-state index contributed by atoms with van der Waals surface area (Å²) in [6.07, 6.45) is 6.54. The molecule has 3 heterocycles. The molecular formula is C24H34N4O4. The Morgan fingerprint density at radius 2 is 1.97 bits per heavy atom. The monoisotopic (exact) mass is 442 g/mol. The number of carbonyl (C=O) groups excluding carboxylic acids is 3. The SMILES string of the molecule is COc1ccccc1CCN1C(=O)NC(CC(=O)NCC2CCCN3CCCCC23)C1=O. The Bertz CT molecular complexity index is 843. The molecule has 3 aliphatic heterocycles. The van der Waals surface area contributed by atoms with Crippen LogP contribution in [0.2, 0.25) is 0 Å². The number of ether oxygens (including phenoxy) is 1. The second-order valence-corrected chi connectivity index (χ2v) is 9.06. The van der Waals surface area contributed by atoms with Crippen LogP contribution in [0.15, 0.2) is 24.3 Å². The maximum atomic E-state index is 12.7. The average Bonchev–Trinajstić information content (AvgIpc) is 3.08. The van der Waals surface area contributed by atoms with Crippen molar-refractivity contribution < 1.29 is 19.1 Å². The van der Waals surface area contributed by atoms with E-state index < -0.39 is 12.1 Å². The smallest absolute Gasteiger partial charge is 0.324 e. The van der Waals surface area contributed by atoms with Gasteiger partial charge in [0.05, 0.1) is 13.5 Å². The van der Waals surface area contributed by atoms with Crippen LogP contribution >= 0.6 is 0 Å². The van der Waals surface area contributed by atoms with Crippen LogP contribution in [-0.4, -0.2) is 73.0 Å². The van der Waals surface area contributed by atoms with Gasteiger partial charge in [0.15, 0.2) is 0 Å². The molecule has 0 aromatic heterocycles. The third kappa shape index (κ3) is 5.06. The second-order valence-electron chi connectivity index (χ2n) is 9.06. The van der Waals surface area contributed by atoms with E-state index in [0.29, 0.717) is 24.9 Å². The highest BCUT2D eigenvalue weighted by Gasteiger charge is 2.39. The molecule has 0 bridgehead atoms. The number of carbonyl (C=O) groups is 3. The quantitative estimate of drug-likeness (QED) is 0.601. The highest BCUT2D eigenvalue weighted by atomic mass is 16.5. The normalized spacial score (nSPS) is 25.9. The number of benzene rings is 1. The van der Waals surface area contributed by atoms with Crippen LogP contribution < -0.4 is 15.4 Å². The average molecular weight is 443 g/mol. The lowest BCUT2D eigenvalue weighted by Crippen LogP contribution is -2.51. The Kier molecular flexibility index (Phi) is 7.29. The van der Waals surface area contributed by atoms with Crippen molar-refractivity contribution in [1.29, 1.82) is 0 Å². The van der Waals surface area contributed by atoms with Crippen molar-refractivity contribution in [2.45, 2.75) is 57.0 Å². The van der Waals surface area contributed by atoms with E-state index in [-0.39, 0.29) is 24.8 Å². The van der Waals surface area contributed by atoms with Gasteiger partial charge in [0, 0.05) is 19.1 Å². The number of methoxy groups -OCH3 is 1. The molecule has 0 aliphatic carbocycles. The third-order valence-corrected chi connectivity index (χ3v) is 7.08. The van der Waals surface area contributed by atoms with Gasteiger partial charge in [-0.1, -0.05) is 24.6 Å². The minimum atomic E-state index is -0.794. The molecule has 4 rings (SSSR count). The highest BCUT2D eigenvalue weighted by Crippen LogP contribution is 2.30. The molecule has 0 spiro atoms. The fourth-order valence-corrected chi connectivity index (χ4v) is 5.39. The summed E-state index contributed by atoms with van der Waals surface area (Å²) in [6, 6.07) is 6.88. The topological polar surface area (TPSA) is 91.0 Å². The zero-order valence-corrected chi connectivity index (χ0v) is 18.8. The van der Waals surface area contributed by atoms with E-state index in [1.165, 1.54) is 43.7 Å². The van der Waals surface area contributed by atoms with Crippen LogP contribution in [0.5, 0.6) is 5.75 Å². The molecule has 174 valence electrons. The summed E-state index contributed by atoms with van der Waals surface area (Å²) in [6.45, 7) is 3.24. The van der Waals surface area contributed by atoms with Gasteiger partial charge >= 0.3 is 6.03 Å². The number of para-hydroxylation sites is 1. The molecule has 8 nitrogen and oxygen atoms in total. The first kappa shape index (κ1) is 22.6. The minimum Gasteiger partial charge on any atom is -0.496 e. The number of urea groups is 1. The molecule has 3 aliphatic rings. The number of imide groups is 1. The number of nitrogens with one attached hydrogen (secondary N) is 2. The summed E-state index contributed by atoms with van der Waals surface area (Å²) in [5, 5.41) is 5.70. The molecule has 3 saturated heterocycles. The Morgan fingerprint density at radius 1 is 1.16 bits per heavy atom. The van der Waals surface area contributed by atoms with Gasteiger partial charge in [-0.05, 0) is 62.7 Å². The summed E-state index contributed by atoms with van der Waals surface area (Å²) in [5.41, 5.74) is 0.932. The Morgan fingerprint density at radius 3 is 2.81 bits per heavy atom. The molecular weight excluding hydrogens is 408 g/mol. The van der Waals surface area contributed by atoms with Crippen LogP contribution in [-0.2, 0) is 16.0 Å². The highest BCUT2D eigenvalue weighted by molar-refractivity contribution is 6.05. The van der Waals surface area contributed by atoms with Crippen molar-refractivity contribution in [2.75, 3.05) is 33.3 Å². The number of amides is 4. The zero-order chi connectivity index (χ0) is 22.5. The largest absolute Gasteiger partial charge is 0.496 e. The van der Waals surface area contributed by atoms with E-state index >= 15 is 0 Å². The van der Waals surface area contributed by atoms with E-state index in [4.69, 9.17) is 4.74 Å². The lowest BCUT2D eigenvalue weighted by atomic mass is 9.83. The van der Waals surface area contributed by atoms with E-state index in [1.807, 2.05) is 24.3 Å². The molecule has 3 fully saturated rings. The summed E-state index contributed by atoms with van der Waals surface area (Å²) in [4.78, 5) is 41.4. The van der Waals surface area contributed by atoms with Gasteiger partial charge in [0.1, 0.15) is 11.8 Å². The maximum Gasteiger partial charge on any atom is 0.324 e.